The topological polar surface area (TPSA) is 17.1 Å². The Labute approximate surface area is 193 Å². The SMILES string of the molecule is CC(C)CCCC(C)C1CCC2C3CCC4CC(=O)C(C(C)C)CC4(C)C3CCC12C. The van der Waals surface area contributed by atoms with Gasteiger partial charge in [0, 0.05) is 12.3 Å². The van der Waals surface area contributed by atoms with Crippen molar-refractivity contribution < 1.29 is 4.79 Å². The van der Waals surface area contributed by atoms with Gasteiger partial charge in [0.2, 0.25) is 0 Å². The highest BCUT2D eigenvalue weighted by molar-refractivity contribution is 5.82. The van der Waals surface area contributed by atoms with Crippen LogP contribution in [0.1, 0.15) is 119 Å². The molecule has 0 spiro atoms. The third-order valence-electron chi connectivity index (χ3n) is 11.6. The van der Waals surface area contributed by atoms with Crippen LogP contribution in [0.25, 0.3) is 0 Å². The van der Waals surface area contributed by atoms with Gasteiger partial charge in [-0.2, -0.15) is 0 Å². The molecule has 0 aromatic heterocycles. The number of hydrogen-bond acceptors (Lipinski definition) is 1. The lowest BCUT2D eigenvalue weighted by atomic mass is 9.43. The quantitative estimate of drug-likeness (QED) is 0.414. The van der Waals surface area contributed by atoms with Gasteiger partial charge in [-0.05, 0) is 103 Å². The number of Topliss-reactive ketones (excluding diaryl/α,β-unsaturated/α-hetero) is 1. The molecule has 0 aliphatic heterocycles. The van der Waals surface area contributed by atoms with Crippen LogP contribution in [0.5, 0.6) is 0 Å². The van der Waals surface area contributed by atoms with Crippen molar-refractivity contribution in [2.75, 3.05) is 0 Å². The van der Waals surface area contributed by atoms with Gasteiger partial charge in [-0.15, -0.1) is 0 Å². The summed E-state index contributed by atoms with van der Waals surface area (Å²) in [6, 6.07) is 0. The molecule has 0 heterocycles. The van der Waals surface area contributed by atoms with Gasteiger partial charge >= 0.3 is 0 Å². The zero-order chi connectivity index (χ0) is 22.6. The maximum Gasteiger partial charge on any atom is 0.136 e. The van der Waals surface area contributed by atoms with E-state index in [0.29, 0.717) is 34.4 Å². The molecule has 1 nitrogen and oxygen atoms in total. The molecule has 1 heteroatoms. The van der Waals surface area contributed by atoms with Crippen molar-refractivity contribution in [3.05, 3.63) is 0 Å². The average molecular weight is 429 g/mol. The summed E-state index contributed by atoms with van der Waals surface area (Å²) < 4.78 is 0. The molecule has 0 radical (unpaired) electrons. The van der Waals surface area contributed by atoms with E-state index in [2.05, 4.69) is 48.5 Å². The second kappa shape index (κ2) is 8.79. The minimum atomic E-state index is 0.325. The van der Waals surface area contributed by atoms with Gasteiger partial charge in [0.05, 0.1) is 0 Å². The molecule has 0 aromatic rings. The third-order valence-corrected chi connectivity index (χ3v) is 11.6. The fraction of sp³-hybridized carbons (Fsp3) is 0.967. The van der Waals surface area contributed by atoms with Crippen molar-refractivity contribution in [1.82, 2.24) is 0 Å². The van der Waals surface area contributed by atoms with Gasteiger partial charge in [0.1, 0.15) is 5.78 Å². The molecule has 0 bridgehead atoms. The highest BCUT2D eigenvalue weighted by Gasteiger charge is 2.61. The molecule has 178 valence electrons. The number of carbonyl (C=O) groups is 1. The molecule has 9 atom stereocenters. The van der Waals surface area contributed by atoms with Gasteiger partial charge in [0.15, 0.2) is 0 Å². The van der Waals surface area contributed by atoms with E-state index in [0.717, 1.165) is 41.9 Å². The lowest BCUT2D eigenvalue weighted by Crippen LogP contribution is -2.55. The summed E-state index contributed by atoms with van der Waals surface area (Å²) in [4.78, 5) is 12.9. The maximum absolute atomic E-state index is 12.9. The molecule has 0 amide bonds. The van der Waals surface area contributed by atoms with Crippen molar-refractivity contribution >= 4 is 5.78 Å². The first kappa shape index (κ1) is 23.8. The van der Waals surface area contributed by atoms with E-state index in [4.69, 9.17) is 0 Å². The third kappa shape index (κ3) is 4.07. The van der Waals surface area contributed by atoms with E-state index >= 15 is 0 Å². The first-order valence-corrected chi connectivity index (χ1v) is 14.1. The van der Waals surface area contributed by atoms with Crippen LogP contribution in [-0.4, -0.2) is 5.78 Å². The number of rotatable bonds is 6. The van der Waals surface area contributed by atoms with Crippen LogP contribution in [0.15, 0.2) is 0 Å². The fourth-order valence-corrected chi connectivity index (χ4v) is 9.80. The van der Waals surface area contributed by atoms with E-state index in [1.807, 2.05) is 0 Å². The monoisotopic (exact) mass is 428 g/mol. The Bertz CT molecular complexity index is 649. The lowest BCUT2D eigenvalue weighted by molar-refractivity contribution is -0.151. The van der Waals surface area contributed by atoms with E-state index in [-0.39, 0.29) is 0 Å². The molecule has 4 aliphatic carbocycles. The summed E-state index contributed by atoms with van der Waals surface area (Å²) in [5, 5.41) is 0. The Morgan fingerprint density at radius 1 is 0.871 bits per heavy atom. The summed E-state index contributed by atoms with van der Waals surface area (Å²) >= 11 is 0. The predicted molar refractivity (Wildman–Crippen MR) is 132 cm³/mol. The summed E-state index contributed by atoms with van der Waals surface area (Å²) in [6.45, 7) is 17.2. The standard InChI is InChI=1S/C30H52O/c1-19(2)9-8-10-21(5)25-13-14-26-23-12-11-22-17-28(31)24(20(3)4)18-30(22,7)27(23)15-16-29(25,26)6/h19-27H,8-18H2,1-7H3. The first-order valence-electron chi connectivity index (χ1n) is 14.1. The van der Waals surface area contributed by atoms with E-state index < -0.39 is 0 Å². The van der Waals surface area contributed by atoms with Crippen molar-refractivity contribution in [2.45, 2.75) is 119 Å². The fourth-order valence-electron chi connectivity index (χ4n) is 9.80. The number of carbonyl (C=O) groups excluding carboxylic acids is 1. The summed E-state index contributed by atoms with van der Waals surface area (Å²) in [5.41, 5.74) is 1.01. The van der Waals surface area contributed by atoms with Crippen LogP contribution in [0.3, 0.4) is 0 Å². The zero-order valence-electron chi connectivity index (χ0n) is 21.9. The van der Waals surface area contributed by atoms with Crippen molar-refractivity contribution in [2.24, 2.45) is 64.1 Å². The Balaban J connectivity index is 1.49. The second-order valence-corrected chi connectivity index (χ2v) is 13.9. The smallest absolute Gasteiger partial charge is 0.136 e. The Morgan fingerprint density at radius 2 is 1.58 bits per heavy atom. The normalized spacial score (nSPS) is 46.0. The van der Waals surface area contributed by atoms with Crippen LogP contribution < -0.4 is 0 Å². The summed E-state index contributed by atoms with van der Waals surface area (Å²) in [5.74, 6) is 7.58. The van der Waals surface area contributed by atoms with Crippen LogP contribution in [0.2, 0.25) is 0 Å². The molecule has 0 saturated heterocycles. The first-order chi connectivity index (χ1) is 14.6. The highest BCUT2D eigenvalue weighted by Crippen LogP contribution is 2.68. The van der Waals surface area contributed by atoms with Crippen LogP contribution >= 0.6 is 0 Å². The molecular weight excluding hydrogens is 376 g/mol. The van der Waals surface area contributed by atoms with Gasteiger partial charge in [-0.3, -0.25) is 4.79 Å². The summed E-state index contributed by atoms with van der Waals surface area (Å²) in [7, 11) is 0. The molecule has 0 aromatic carbocycles. The Kier molecular flexibility index (Phi) is 6.75. The van der Waals surface area contributed by atoms with Crippen molar-refractivity contribution in [1.29, 1.82) is 0 Å². The zero-order valence-corrected chi connectivity index (χ0v) is 21.9. The molecular formula is C30H52O. The molecule has 31 heavy (non-hydrogen) atoms. The largest absolute Gasteiger partial charge is 0.299 e. The van der Waals surface area contributed by atoms with Gasteiger partial charge in [0.25, 0.3) is 0 Å². The van der Waals surface area contributed by atoms with E-state index in [1.54, 1.807) is 0 Å². The average Bonchev–Trinajstić information content (AvgIpc) is 3.05. The van der Waals surface area contributed by atoms with E-state index in [9.17, 15) is 4.79 Å². The van der Waals surface area contributed by atoms with E-state index in [1.165, 1.54) is 64.2 Å². The van der Waals surface area contributed by atoms with Gasteiger partial charge in [-0.25, -0.2) is 0 Å². The van der Waals surface area contributed by atoms with Crippen LogP contribution in [-0.2, 0) is 4.79 Å². The van der Waals surface area contributed by atoms with Crippen molar-refractivity contribution in [3.63, 3.8) is 0 Å². The number of hydrogen-bond donors (Lipinski definition) is 0. The Hall–Kier alpha value is -0.330. The van der Waals surface area contributed by atoms with Crippen LogP contribution in [0.4, 0.5) is 0 Å². The molecule has 4 fully saturated rings. The number of ketones is 1. The van der Waals surface area contributed by atoms with Gasteiger partial charge < -0.3 is 0 Å². The lowest BCUT2D eigenvalue weighted by Gasteiger charge is -2.61. The molecule has 4 rings (SSSR count). The molecule has 0 N–H and O–H groups in total. The molecule has 4 aliphatic rings. The number of fused-ring (bicyclic) bond motifs is 5. The summed E-state index contributed by atoms with van der Waals surface area (Å²) in [6.07, 6.45) is 15.0. The maximum atomic E-state index is 12.9. The minimum Gasteiger partial charge on any atom is -0.299 e. The predicted octanol–water partition coefficient (Wildman–Crippen LogP) is 8.56. The van der Waals surface area contributed by atoms with Crippen LogP contribution in [0, 0.1) is 64.1 Å². The minimum absolute atomic E-state index is 0.325. The highest BCUT2D eigenvalue weighted by atomic mass is 16.1. The molecule has 4 saturated carbocycles. The van der Waals surface area contributed by atoms with Crippen molar-refractivity contribution in [3.8, 4) is 0 Å². The molecule has 9 unspecified atom stereocenters. The second-order valence-electron chi connectivity index (χ2n) is 13.9. The Morgan fingerprint density at radius 3 is 2.26 bits per heavy atom. The van der Waals surface area contributed by atoms with Gasteiger partial charge in [-0.1, -0.05) is 67.7 Å².